The van der Waals surface area contributed by atoms with Crippen molar-refractivity contribution in [1.82, 2.24) is 34.4 Å². The molecule has 30 heavy (non-hydrogen) atoms. The van der Waals surface area contributed by atoms with E-state index in [1.54, 1.807) is 35.5 Å². The van der Waals surface area contributed by atoms with E-state index in [1.807, 2.05) is 23.1 Å². The summed E-state index contributed by atoms with van der Waals surface area (Å²) in [5.41, 5.74) is 1.25. The van der Waals surface area contributed by atoms with E-state index in [2.05, 4.69) is 20.2 Å². The van der Waals surface area contributed by atoms with Crippen LogP contribution in [0.25, 0.3) is 16.9 Å². The zero-order valence-electron chi connectivity index (χ0n) is 16.3. The lowest BCUT2D eigenvalue weighted by molar-refractivity contribution is 0.0682. The van der Waals surface area contributed by atoms with Gasteiger partial charge in [-0.2, -0.15) is 5.10 Å². The van der Waals surface area contributed by atoms with Gasteiger partial charge in [-0.3, -0.25) is 9.59 Å². The van der Waals surface area contributed by atoms with Crippen LogP contribution in [0.4, 0.5) is 0 Å². The van der Waals surface area contributed by atoms with Crippen LogP contribution in [0.3, 0.4) is 0 Å². The molecule has 1 saturated heterocycles. The third-order valence-electron chi connectivity index (χ3n) is 5.61. The summed E-state index contributed by atoms with van der Waals surface area (Å²) in [6.07, 6.45) is 8.56. The van der Waals surface area contributed by atoms with Crippen molar-refractivity contribution < 1.29 is 4.79 Å². The van der Waals surface area contributed by atoms with E-state index in [0.717, 1.165) is 23.9 Å². The molecule has 0 atom stereocenters. The lowest BCUT2D eigenvalue weighted by Gasteiger charge is -2.32. The molecule has 1 aliphatic heterocycles. The van der Waals surface area contributed by atoms with Crippen LogP contribution in [0, 0.1) is 5.92 Å². The minimum Gasteiger partial charge on any atom is -0.345 e. The summed E-state index contributed by atoms with van der Waals surface area (Å²) in [6.45, 7) is 1.85. The zero-order chi connectivity index (χ0) is 20.5. The summed E-state index contributed by atoms with van der Waals surface area (Å²) in [5.74, 6) is 0.917. The fraction of sp³-hybridized carbons (Fsp3) is 0.286. The Morgan fingerprint density at radius 3 is 2.80 bits per heavy atom. The van der Waals surface area contributed by atoms with Crippen LogP contribution in [0.5, 0.6) is 0 Å². The van der Waals surface area contributed by atoms with Crippen LogP contribution >= 0.6 is 0 Å². The van der Waals surface area contributed by atoms with Gasteiger partial charge in [-0.05, 0) is 43.0 Å². The van der Waals surface area contributed by atoms with Gasteiger partial charge in [0, 0.05) is 55.9 Å². The fourth-order valence-corrected chi connectivity index (χ4v) is 3.96. The average molecular weight is 403 g/mol. The first-order valence-corrected chi connectivity index (χ1v) is 9.98. The molecule has 1 amide bonds. The van der Waals surface area contributed by atoms with E-state index in [1.165, 1.54) is 10.7 Å². The number of aromatic amines is 1. The lowest BCUT2D eigenvalue weighted by Crippen LogP contribution is -2.40. The molecule has 4 aromatic rings. The fourth-order valence-electron chi connectivity index (χ4n) is 3.96. The van der Waals surface area contributed by atoms with Crippen molar-refractivity contribution in [2.45, 2.75) is 19.4 Å². The van der Waals surface area contributed by atoms with E-state index in [0.29, 0.717) is 31.0 Å². The molecule has 0 bridgehead atoms. The molecule has 152 valence electrons. The second-order valence-electron chi connectivity index (χ2n) is 7.50. The van der Waals surface area contributed by atoms with E-state index in [9.17, 15) is 9.59 Å². The highest BCUT2D eigenvalue weighted by Crippen LogP contribution is 2.23. The monoisotopic (exact) mass is 403 g/mol. The van der Waals surface area contributed by atoms with E-state index >= 15 is 0 Å². The molecule has 5 heterocycles. The number of piperidine rings is 1. The van der Waals surface area contributed by atoms with Crippen molar-refractivity contribution in [2.75, 3.05) is 13.1 Å². The van der Waals surface area contributed by atoms with Crippen LogP contribution < -0.4 is 5.56 Å². The number of carbonyl (C=O) groups excluding carboxylic acids is 1. The first-order valence-electron chi connectivity index (χ1n) is 9.98. The number of carbonyl (C=O) groups is 1. The molecular formula is C21H21N7O2. The Labute approximate surface area is 172 Å². The summed E-state index contributed by atoms with van der Waals surface area (Å²) >= 11 is 0. The van der Waals surface area contributed by atoms with Crippen molar-refractivity contribution in [3.8, 4) is 5.82 Å². The molecule has 9 heteroatoms. The summed E-state index contributed by atoms with van der Waals surface area (Å²) < 4.78 is 3.14. The smallest absolute Gasteiger partial charge is 0.266 e. The molecule has 1 aliphatic rings. The Kier molecular flexibility index (Phi) is 4.62. The average Bonchev–Trinajstić information content (AvgIpc) is 3.46. The number of hydrogen-bond acceptors (Lipinski definition) is 5. The maximum atomic E-state index is 13.0. The highest BCUT2D eigenvalue weighted by atomic mass is 16.2. The second kappa shape index (κ2) is 7.58. The molecule has 0 radical (unpaired) electrons. The van der Waals surface area contributed by atoms with Gasteiger partial charge in [0.05, 0.1) is 5.56 Å². The minimum atomic E-state index is -0.129. The van der Waals surface area contributed by atoms with Crippen molar-refractivity contribution in [3.63, 3.8) is 0 Å². The van der Waals surface area contributed by atoms with E-state index in [-0.39, 0.29) is 17.4 Å². The predicted molar refractivity (Wildman–Crippen MR) is 110 cm³/mol. The Morgan fingerprint density at radius 1 is 1.13 bits per heavy atom. The molecule has 9 nitrogen and oxygen atoms in total. The summed E-state index contributed by atoms with van der Waals surface area (Å²) in [6, 6.07) is 8.75. The number of pyridine rings is 1. The molecule has 4 aromatic heterocycles. The molecule has 1 N–H and O–H groups in total. The Bertz CT molecular complexity index is 1230. The number of H-pyrrole nitrogens is 1. The maximum Gasteiger partial charge on any atom is 0.266 e. The van der Waals surface area contributed by atoms with Gasteiger partial charge in [0.1, 0.15) is 5.65 Å². The summed E-state index contributed by atoms with van der Waals surface area (Å²) in [5, 5.41) is 9.46. The number of likely N-dealkylation sites (tertiary alicyclic amines) is 1. The molecule has 0 aliphatic carbocycles. The number of rotatable bonds is 4. The second-order valence-corrected chi connectivity index (χ2v) is 7.50. The number of hydrogen-bond donors (Lipinski definition) is 1. The van der Waals surface area contributed by atoms with Crippen LogP contribution in [0.1, 0.15) is 23.2 Å². The third-order valence-corrected chi connectivity index (χ3v) is 5.61. The summed E-state index contributed by atoms with van der Waals surface area (Å²) in [4.78, 5) is 34.4. The van der Waals surface area contributed by atoms with Crippen molar-refractivity contribution in [3.05, 3.63) is 71.0 Å². The van der Waals surface area contributed by atoms with E-state index in [4.69, 9.17) is 0 Å². The van der Waals surface area contributed by atoms with E-state index < -0.39 is 0 Å². The molecule has 1 fully saturated rings. The molecule has 0 saturated carbocycles. The van der Waals surface area contributed by atoms with Gasteiger partial charge in [0.15, 0.2) is 5.82 Å². The van der Waals surface area contributed by atoms with Crippen LogP contribution in [-0.4, -0.2) is 53.4 Å². The van der Waals surface area contributed by atoms with Gasteiger partial charge in [-0.25, -0.2) is 14.3 Å². The minimum absolute atomic E-state index is 0.0173. The normalized spacial score (nSPS) is 15.0. The van der Waals surface area contributed by atoms with Crippen LogP contribution in [0.15, 0.2) is 59.9 Å². The van der Waals surface area contributed by atoms with Gasteiger partial charge in [0.2, 0.25) is 0 Å². The van der Waals surface area contributed by atoms with Crippen molar-refractivity contribution in [1.29, 1.82) is 0 Å². The maximum absolute atomic E-state index is 13.0. The van der Waals surface area contributed by atoms with Gasteiger partial charge in [0.25, 0.3) is 11.5 Å². The van der Waals surface area contributed by atoms with Gasteiger partial charge < -0.3 is 9.88 Å². The van der Waals surface area contributed by atoms with Crippen molar-refractivity contribution >= 4 is 16.9 Å². The largest absolute Gasteiger partial charge is 0.345 e. The molecule has 0 spiro atoms. The van der Waals surface area contributed by atoms with Crippen LogP contribution in [0.2, 0.25) is 0 Å². The number of nitrogens with one attached hydrogen (secondary N) is 1. The number of nitrogens with zero attached hydrogens (tertiary/aromatic N) is 6. The van der Waals surface area contributed by atoms with Gasteiger partial charge in [-0.15, -0.1) is 5.10 Å². The van der Waals surface area contributed by atoms with Crippen LogP contribution in [-0.2, 0) is 6.54 Å². The summed E-state index contributed by atoms with van der Waals surface area (Å²) in [7, 11) is 0. The predicted octanol–water partition coefficient (Wildman–Crippen LogP) is 1.86. The Balaban J connectivity index is 1.26. The van der Waals surface area contributed by atoms with Gasteiger partial charge >= 0.3 is 0 Å². The Morgan fingerprint density at radius 2 is 2.00 bits per heavy atom. The quantitative estimate of drug-likeness (QED) is 0.560. The number of amides is 1. The topological polar surface area (TPSA) is 102 Å². The zero-order valence-corrected chi connectivity index (χ0v) is 16.3. The van der Waals surface area contributed by atoms with Crippen molar-refractivity contribution in [2.24, 2.45) is 5.92 Å². The number of aromatic nitrogens is 6. The Hall–Kier alpha value is -3.75. The number of fused-ring (bicyclic) bond motifs is 1. The third kappa shape index (κ3) is 3.38. The molecular weight excluding hydrogens is 382 g/mol. The SMILES string of the molecule is O=C(c1c[nH]c2ncccc12)N1CCC(Cn2nc(-n3cccn3)ccc2=O)CC1. The molecule has 0 unspecified atom stereocenters. The standard InChI is InChI=1S/C21H21N7O2/c29-19-5-4-18(27-10-2-9-24-27)25-28(19)14-15-6-11-26(12-7-15)21(30)17-13-23-20-16(17)3-1-8-22-20/h1-5,8-10,13,15H,6-7,11-12,14H2,(H,22,23). The highest BCUT2D eigenvalue weighted by molar-refractivity contribution is 6.05. The van der Waals surface area contributed by atoms with Gasteiger partial charge in [-0.1, -0.05) is 0 Å². The first kappa shape index (κ1) is 18.3. The highest BCUT2D eigenvalue weighted by Gasteiger charge is 2.26. The molecule has 5 rings (SSSR count). The first-order chi connectivity index (χ1) is 14.7. The lowest BCUT2D eigenvalue weighted by atomic mass is 9.96. The molecule has 0 aromatic carbocycles.